The smallest absolute Gasteiger partial charge is 0.287 e. The number of benzene rings is 1. The second-order valence-corrected chi connectivity index (χ2v) is 5.08. The molecule has 1 amide bonds. The van der Waals surface area contributed by atoms with Gasteiger partial charge in [-0.2, -0.15) is 0 Å². The summed E-state index contributed by atoms with van der Waals surface area (Å²) in [5.74, 6) is 1.02. The van der Waals surface area contributed by atoms with Crippen LogP contribution in [0.4, 0.5) is 5.69 Å². The van der Waals surface area contributed by atoms with Crippen molar-refractivity contribution in [3.8, 4) is 5.75 Å². The minimum Gasteiger partial charge on any atom is -0.487 e. The molecule has 1 aromatic carbocycles. The second kappa shape index (κ2) is 5.96. The second-order valence-electron chi connectivity index (χ2n) is 5.08. The van der Waals surface area contributed by atoms with E-state index in [1.165, 1.54) is 13.0 Å². The van der Waals surface area contributed by atoms with E-state index in [1.54, 1.807) is 37.3 Å². The van der Waals surface area contributed by atoms with Crippen LogP contribution in [0.5, 0.6) is 5.75 Å². The van der Waals surface area contributed by atoms with E-state index in [9.17, 15) is 9.59 Å². The summed E-state index contributed by atoms with van der Waals surface area (Å²) in [6.07, 6.45) is 0. The Morgan fingerprint density at radius 3 is 2.96 bits per heavy atom. The number of nitrogens with zero attached hydrogens (tertiary/aromatic N) is 2. The maximum absolute atomic E-state index is 11.9. The monoisotopic (exact) mass is 313 g/mol. The zero-order chi connectivity index (χ0) is 16.4. The fraction of sp³-hybridized carbons (Fsp3) is 0.188. The number of hydrogen-bond acceptors (Lipinski definition) is 5. The largest absolute Gasteiger partial charge is 0.487 e. The van der Waals surface area contributed by atoms with Crippen molar-refractivity contribution >= 4 is 17.2 Å². The lowest BCUT2D eigenvalue weighted by atomic mass is 10.3. The van der Waals surface area contributed by atoms with E-state index in [-0.39, 0.29) is 18.1 Å². The minimum atomic E-state index is -0.298. The predicted octanol–water partition coefficient (Wildman–Crippen LogP) is 2.13. The van der Waals surface area contributed by atoms with Gasteiger partial charge in [-0.05, 0) is 19.1 Å². The summed E-state index contributed by atoms with van der Waals surface area (Å²) in [4.78, 5) is 27.3. The SMILES string of the molecule is CC(=O)Nc1cccc(OCc2cc(=O)n3oc(C)cc3n2)c1. The molecule has 2 aromatic heterocycles. The van der Waals surface area contributed by atoms with Crippen molar-refractivity contribution in [2.45, 2.75) is 20.5 Å². The molecule has 0 saturated heterocycles. The summed E-state index contributed by atoms with van der Waals surface area (Å²) < 4.78 is 12.0. The third-order valence-electron chi connectivity index (χ3n) is 3.07. The number of aromatic nitrogens is 2. The molecule has 7 nitrogen and oxygen atoms in total. The number of amides is 1. The highest BCUT2D eigenvalue weighted by atomic mass is 16.5. The van der Waals surface area contributed by atoms with Gasteiger partial charge < -0.3 is 14.6 Å². The molecular formula is C16H15N3O4. The first-order valence-electron chi connectivity index (χ1n) is 7.01. The molecule has 0 unspecified atom stereocenters. The average molecular weight is 313 g/mol. The number of carbonyl (C=O) groups excluding carboxylic acids is 1. The van der Waals surface area contributed by atoms with Crippen molar-refractivity contribution in [2.24, 2.45) is 0 Å². The quantitative estimate of drug-likeness (QED) is 0.797. The third kappa shape index (κ3) is 3.39. The number of carbonyl (C=O) groups is 1. The Bertz CT molecular complexity index is 926. The maximum Gasteiger partial charge on any atom is 0.287 e. The molecule has 0 aliphatic carbocycles. The molecule has 1 N–H and O–H groups in total. The van der Waals surface area contributed by atoms with Gasteiger partial charge in [-0.1, -0.05) is 6.07 Å². The Kier molecular flexibility index (Phi) is 3.84. The van der Waals surface area contributed by atoms with Crippen LogP contribution in [0.1, 0.15) is 18.4 Å². The topological polar surface area (TPSA) is 85.8 Å². The van der Waals surface area contributed by atoms with Gasteiger partial charge >= 0.3 is 0 Å². The molecule has 0 aliphatic heterocycles. The van der Waals surface area contributed by atoms with Gasteiger partial charge in [-0.15, -0.1) is 4.57 Å². The molecule has 118 valence electrons. The van der Waals surface area contributed by atoms with Crippen LogP contribution in [0, 0.1) is 6.92 Å². The van der Waals surface area contributed by atoms with Crippen molar-refractivity contribution in [3.63, 3.8) is 0 Å². The molecule has 0 aliphatic rings. The molecule has 0 radical (unpaired) electrons. The first kappa shape index (κ1) is 14.8. The van der Waals surface area contributed by atoms with E-state index in [0.717, 1.165) is 4.57 Å². The molecular weight excluding hydrogens is 298 g/mol. The lowest BCUT2D eigenvalue weighted by molar-refractivity contribution is -0.114. The summed E-state index contributed by atoms with van der Waals surface area (Å²) in [5.41, 5.74) is 1.29. The van der Waals surface area contributed by atoms with Crippen LogP contribution in [0.3, 0.4) is 0 Å². The number of anilines is 1. The highest BCUT2D eigenvalue weighted by molar-refractivity contribution is 5.88. The van der Waals surface area contributed by atoms with Crippen LogP contribution in [0.15, 0.2) is 45.7 Å². The summed E-state index contributed by atoms with van der Waals surface area (Å²) in [7, 11) is 0. The fourth-order valence-electron chi connectivity index (χ4n) is 2.17. The lowest BCUT2D eigenvalue weighted by Crippen LogP contribution is -2.14. The Morgan fingerprint density at radius 1 is 1.35 bits per heavy atom. The van der Waals surface area contributed by atoms with E-state index < -0.39 is 0 Å². The molecule has 3 aromatic rings. The van der Waals surface area contributed by atoms with Crippen LogP contribution in [0.2, 0.25) is 0 Å². The number of aryl methyl sites for hydroxylation is 1. The van der Waals surface area contributed by atoms with Crippen LogP contribution < -0.4 is 15.6 Å². The molecule has 0 fully saturated rings. The van der Waals surface area contributed by atoms with Crippen molar-refractivity contribution in [3.05, 3.63) is 58.2 Å². The number of rotatable bonds is 4. The Balaban J connectivity index is 1.78. The molecule has 0 atom stereocenters. The Labute approximate surface area is 131 Å². The molecule has 0 bridgehead atoms. The van der Waals surface area contributed by atoms with E-state index in [4.69, 9.17) is 9.26 Å². The van der Waals surface area contributed by atoms with Gasteiger partial charge in [0.2, 0.25) is 5.91 Å². The van der Waals surface area contributed by atoms with Crippen molar-refractivity contribution < 1.29 is 14.1 Å². The number of hydrogen-bond donors (Lipinski definition) is 1. The van der Waals surface area contributed by atoms with Gasteiger partial charge in [-0.25, -0.2) is 4.98 Å². The first-order valence-corrected chi connectivity index (χ1v) is 7.01. The average Bonchev–Trinajstić information content (AvgIpc) is 2.86. The van der Waals surface area contributed by atoms with Gasteiger partial charge in [0.05, 0.1) is 5.69 Å². The Morgan fingerprint density at radius 2 is 2.17 bits per heavy atom. The van der Waals surface area contributed by atoms with Crippen molar-refractivity contribution in [2.75, 3.05) is 5.32 Å². The Hall–Kier alpha value is -3.09. The lowest BCUT2D eigenvalue weighted by Gasteiger charge is -2.08. The highest BCUT2D eigenvalue weighted by Crippen LogP contribution is 2.18. The maximum atomic E-state index is 11.9. The number of fused-ring (bicyclic) bond motifs is 1. The van der Waals surface area contributed by atoms with E-state index in [2.05, 4.69) is 10.3 Å². The van der Waals surface area contributed by atoms with Crippen LogP contribution in [-0.4, -0.2) is 15.5 Å². The van der Waals surface area contributed by atoms with Gasteiger partial charge in [-0.3, -0.25) is 9.59 Å². The molecule has 0 spiro atoms. The fourth-order valence-corrected chi connectivity index (χ4v) is 2.17. The molecule has 7 heteroatoms. The molecule has 23 heavy (non-hydrogen) atoms. The van der Waals surface area contributed by atoms with E-state index in [1.807, 2.05) is 0 Å². The third-order valence-corrected chi connectivity index (χ3v) is 3.07. The summed E-state index contributed by atoms with van der Waals surface area (Å²) in [6.45, 7) is 3.32. The van der Waals surface area contributed by atoms with Gasteiger partial charge in [0.15, 0.2) is 5.65 Å². The summed E-state index contributed by atoms with van der Waals surface area (Å²) in [5, 5.41) is 2.68. The highest BCUT2D eigenvalue weighted by Gasteiger charge is 2.07. The standard InChI is InChI=1S/C16H15N3O4/c1-10-6-15-18-13(8-16(21)19(15)23-10)9-22-14-5-3-4-12(7-14)17-11(2)20/h3-8H,9H2,1-2H3,(H,17,20). The van der Waals surface area contributed by atoms with Gasteiger partial charge in [0, 0.05) is 30.8 Å². The first-order chi connectivity index (χ1) is 11.0. The van der Waals surface area contributed by atoms with Crippen molar-refractivity contribution in [1.82, 2.24) is 9.56 Å². The van der Waals surface area contributed by atoms with Gasteiger partial charge in [0.1, 0.15) is 18.1 Å². The van der Waals surface area contributed by atoms with E-state index >= 15 is 0 Å². The zero-order valence-corrected chi connectivity index (χ0v) is 12.7. The summed E-state index contributed by atoms with van der Waals surface area (Å²) >= 11 is 0. The minimum absolute atomic E-state index is 0.138. The van der Waals surface area contributed by atoms with E-state index in [0.29, 0.717) is 28.5 Å². The summed E-state index contributed by atoms with van der Waals surface area (Å²) in [6, 6.07) is 10.0. The molecule has 2 heterocycles. The van der Waals surface area contributed by atoms with Crippen LogP contribution >= 0.6 is 0 Å². The number of ether oxygens (including phenoxy) is 1. The predicted molar refractivity (Wildman–Crippen MR) is 83.5 cm³/mol. The van der Waals surface area contributed by atoms with Crippen LogP contribution in [0.25, 0.3) is 5.65 Å². The van der Waals surface area contributed by atoms with Crippen molar-refractivity contribution in [1.29, 1.82) is 0 Å². The van der Waals surface area contributed by atoms with Crippen LogP contribution in [-0.2, 0) is 11.4 Å². The zero-order valence-electron chi connectivity index (χ0n) is 12.7. The molecule has 3 rings (SSSR count). The molecule has 0 saturated carbocycles. The number of nitrogens with one attached hydrogen (secondary N) is 1. The normalized spacial score (nSPS) is 10.7. The van der Waals surface area contributed by atoms with Gasteiger partial charge in [0.25, 0.3) is 5.56 Å².